The van der Waals surface area contributed by atoms with E-state index in [2.05, 4.69) is 21.2 Å². The number of urea groups is 1. The molecule has 1 saturated heterocycles. The lowest BCUT2D eigenvalue weighted by atomic mass is 10.1. The first-order valence-corrected chi connectivity index (χ1v) is 9.22. The lowest BCUT2D eigenvalue weighted by Crippen LogP contribution is -2.25. The van der Waals surface area contributed by atoms with E-state index < -0.39 is 6.03 Å². The first-order valence-electron chi connectivity index (χ1n) is 8.42. The van der Waals surface area contributed by atoms with Crippen LogP contribution in [0.5, 0.6) is 11.5 Å². The van der Waals surface area contributed by atoms with Gasteiger partial charge in [-0.2, -0.15) is 0 Å². The van der Waals surface area contributed by atoms with Crippen molar-refractivity contribution in [1.82, 2.24) is 10.2 Å². The second-order valence-electron chi connectivity index (χ2n) is 5.91. The summed E-state index contributed by atoms with van der Waals surface area (Å²) in [5.74, 6) is 0.823. The summed E-state index contributed by atoms with van der Waals surface area (Å²) in [7, 11) is 1.43. The van der Waals surface area contributed by atoms with Gasteiger partial charge in [-0.1, -0.05) is 34.1 Å². The van der Waals surface area contributed by atoms with Crippen molar-refractivity contribution in [3.63, 3.8) is 0 Å². The molecule has 140 valence electrons. The maximum absolute atomic E-state index is 12.0. The molecule has 2 aromatic carbocycles. The topological polar surface area (TPSA) is 67.9 Å². The molecule has 1 heterocycles. The van der Waals surface area contributed by atoms with Crippen molar-refractivity contribution in [1.29, 1.82) is 0 Å². The van der Waals surface area contributed by atoms with E-state index in [-0.39, 0.29) is 11.6 Å². The molecule has 7 heteroatoms. The van der Waals surface area contributed by atoms with Crippen LogP contribution in [0.3, 0.4) is 0 Å². The van der Waals surface area contributed by atoms with Crippen LogP contribution in [0.1, 0.15) is 18.1 Å². The summed E-state index contributed by atoms with van der Waals surface area (Å²) in [4.78, 5) is 24.6. The molecule has 1 N–H and O–H groups in total. The van der Waals surface area contributed by atoms with Gasteiger partial charge in [-0.3, -0.25) is 9.69 Å². The van der Waals surface area contributed by atoms with E-state index in [0.29, 0.717) is 24.7 Å². The van der Waals surface area contributed by atoms with Gasteiger partial charge in [0.25, 0.3) is 5.91 Å². The fourth-order valence-corrected chi connectivity index (χ4v) is 2.80. The molecular weight excluding hydrogens is 412 g/mol. The fourth-order valence-electron chi connectivity index (χ4n) is 2.53. The van der Waals surface area contributed by atoms with Crippen molar-refractivity contribution in [2.24, 2.45) is 0 Å². The monoisotopic (exact) mass is 430 g/mol. The second kappa shape index (κ2) is 8.26. The highest BCUT2D eigenvalue weighted by molar-refractivity contribution is 9.10. The molecule has 0 spiro atoms. The number of carbonyl (C=O) groups excluding carboxylic acids is 2. The molecule has 3 rings (SSSR count). The number of likely N-dealkylation sites (N-methyl/N-ethyl adjacent to an activating group) is 1. The molecule has 1 fully saturated rings. The quantitative estimate of drug-likeness (QED) is 0.556. The SMILES string of the molecule is CCOc1cc(/C=C2/NC(=O)N(C)C2=O)ccc1OCc1ccc(Br)cc1. The van der Waals surface area contributed by atoms with Gasteiger partial charge in [0.05, 0.1) is 6.61 Å². The molecule has 0 radical (unpaired) electrons. The van der Waals surface area contributed by atoms with Gasteiger partial charge in [0, 0.05) is 11.5 Å². The minimum Gasteiger partial charge on any atom is -0.490 e. The van der Waals surface area contributed by atoms with Crippen LogP contribution in [0.2, 0.25) is 0 Å². The third kappa shape index (κ3) is 4.49. The van der Waals surface area contributed by atoms with E-state index in [1.165, 1.54) is 7.05 Å². The predicted octanol–water partition coefficient (Wildman–Crippen LogP) is 3.95. The Morgan fingerprint density at radius 1 is 1.07 bits per heavy atom. The number of amides is 3. The molecule has 1 aliphatic heterocycles. The number of ether oxygens (including phenoxy) is 2. The lowest BCUT2D eigenvalue weighted by Gasteiger charge is -2.13. The summed E-state index contributed by atoms with van der Waals surface area (Å²) >= 11 is 3.41. The van der Waals surface area contributed by atoms with Crippen molar-refractivity contribution in [2.75, 3.05) is 13.7 Å². The van der Waals surface area contributed by atoms with Gasteiger partial charge in [-0.15, -0.1) is 0 Å². The van der Waals surface area contributed by atoms with E-state index in [0.717, 1.165) is 20.5 Å². The predicted molar refractivity (Wildman–Crippen MR) is 105 cm³/mol. The zero-order valence-electron chi connectivity index (χ0n) is 15.0. The first kappa shape index (κ1) is 19.0. The summed E-state index contributed by atoms with van der Waals surface area (Å²) in [5, 5.41) is 2.54. The fraction of sp³-hybridized carbons (Fsp3) is 0.200. The molecule has 0 bridgehead atoms. The summed E-state index contributed by atoms with van der Waals surface area (Å²) in [5.41, 5.74) is 2.00. The second-order valence-corrected chi connectivity index (χ2v) is 6.82. The Balaban J connectivity index is 1.79. The van der Waals surface area contributed by atoms with Crippen molar-refractivity contribution < 1.29 is 19.1 Å². The maximum atomic E-state index is 12.0. The number of nitrogens with zero attached hydrogens (tertiary/aromatic N) is 1. The van der Waals surface area contributed by atoms with E-state index in [4.69, 9.17) is 9.47 Å². The van der Waals surface area contributed by atoms with Gasteiger partial charge in [-0.05, 0) is 48.4 Å². The van der Waals surface area contributed by atoms with Crippen LogP contribution in [0.4, 0.5) is 4.79 Å². The molecule has 0 saturated carbocycles. The molecule has 0 aliphatic carbocycles. The summed E-state index contributed by atoms with van der Waals surface area (Å²) in [6, 6.07) is 12.8. The highest BCUT2D eigenvalue weighted by atomic mass is 79.9. The maximum Gasteiger partial charge on any atom is 0.328 e. The number of hydrogen-bond acceptors (Lipinski definition) is 4. The molecule has 0 atom stereocenters. The molecule has 27 heavy (non-hydrogen) atoms. The summed E-state index contributed by atoms with van der Waals surface area (Å²) in [6.45, 7) is 2.78. The average molecular weight is 431 g/mol. The highest BCUT2D eigenvalue weighted by Crippen LogP contribution is 2.30. The number of imide groups is 1. The Hall–Kier alpha value is -2.80. The van der Waals surface area contributed by atoms with Crippen molar-refractivity contribution in [3.05, 3.63) is 63.8 Å². The number of nitrogens with one attached hydrogen (secondary N) is 1. The Morgan fingerprint density at radius 3 is 2.44 bits per heavy atom. The van der Waals surface area contributed by atoms with Gasteiger partial charge in [0.15, 0.2) is 11.5 Å². The molecule has 0 aromatic heterocycles. The van der Waals surface area contributed by atoms with Crippen LogP contribution in [-0.2, 0) is 11.4 Å². The van der Waals surface area contributed by atoms with Crippen molar-refractivity contribution in [2.45, 2.75) is 13.5 Å². The molecule has 0 unspecified atom stereocenters. The van der Waals surface area contributed by atoms with Crippen molar-refractivity contribution >= 4 is 33.9 Å². The van der Waals surface area contributed by atoms with E-state index in [9.17, 15) is 9.59 Å². The Morgan fingerprint density at radius 2 is 1.81 bits per heavy atom. The minimum atomic E-state index is -0.439. The van der Waals surface area contributed by atoms with Crippen LogP contribution in [0.15, 0.2) is 52.6 Å². The van der Waals surface area contributed by atoms with Crippen LogP contribution < -0.4 is 14.8 Å². The van der Waals surface area contributed by atoms with Gasteiger partial charge in [0.2, 0.25) is 0 Å². The lowest BCUT2D eigenvalue weighted by molar-refractivity contribution is -0.121. The van der Waals surface area contributed by atoms with Crippen molar-refractivity contribution in [3.8, 4) is 11.5 Å². The largest absolute Gasteiger partial charge is 0.490 e. The first-order chi connectivity index (χ1) is 13.0. The number of rotatable bonds is 6. The van der Waals surface area contributed by atoms with E-state index >= 15 is 0 Å². The zero-order valence-corrected chi connectivity index (χ0v) is 16.6. The smallest absolute Gasteiger partial charge is 0.328 e. The Kier molecular flexibility index (Phi) is 5.81. The number of benzene rings is 2. The Labute approximate surface area is 165 Å². The van der Waals surface area contributed by atoms with E-state index in [1.807, 2.05) is 37.3 Å². The third-order valence-corrected chi connectivity index (χ3v) is 4.50. The highest BCUT2D eigenvalue weighted by Gasteiger charge is 2.29. The standard InChI is InChI=1S/C20H19BrN2O4/c1-3-26-18-11-14(10-16-19(24)23(2)20(25)22-16)6-9-17(18)27-12-13-4-7-15(21)8-5-13/h4-11H,3,12H2,1-2H3,(H,22,25)/b16-10+. The summed E-state index contributed by atoms with van der Waals surface area (Å²) in [6.07, 6.45) is 1.62. The molecule has 1 aliphatic rings. The number of hydrogen-bond donors (Lipinski definition) is 1. The Bertz CT molecular complexity index is 893. The molecular formula is C20H19BrN2O4. The molecule has 6 nitrogen and oxygen atoms in total. The van der Waals surface area contributed by atoms with Crippen LogP contribution >= 0.6 is 15.9 Å². The third-order valence-electron chi connectivity index (χ3n) is 3.97. The van der Waals surface area contributed by atoms with Gasteiger partial charge >= 0.3 is 6.03 Å². The van der Waals surface area contributed by atoms with Crippen LogP contribution in [0, 0.1) is 0 Å². The van der Waals surface area contributed by atoms with E-state index in [1.54, 1.807) is 18.2 Å². The average Bonchev–Trinajstić information content (AvgIpc) is 2.89. The normalized spacial score (nSPS) is 15.2. The zero-order chi connectivity index (χ0) is 19.4. The molecule has 2 aromatic rings. The van der Waals surface area contributed by atoms with Gasteiger partial charge < -0.3 is 14.8 Å². The number of carbonyl (C=O) groups is 2. The van der Waals surface area contributed by atoms with Crippen LogP contribution in [0.25, 0.3) is 6.08 Å². The summed E-state index contributed by atoms with van der Waals surface area (Å²) < 4.78 is 12.6. The van der Waals surface area contributed by atoms with Gasteiger partial charge in [0.1, 0.15) is 12.3 Å². The minimum absolute atomic E-state index is 0.230. The number of halogens is 1. The molecule has 3 amide bonds. The van der Waals surface area contributed by atoms with Gasteiger partial charge in [-0.25, -0.2) is 4.79 Å². The van der Waals surface area contributed by atoms with Crippen LogP contribution in [-0.4, -0.2) is 30.5 Å².